The summed E-state index contributed by atoms with van der Waals surface area (Å²) in [6.45, 7) is 2.30. The van der Waals surface area contributed by atoms with E-state index in [9.17, 15) is 0 Å². The standard InChI is InChI=1S/C16H19N5S3/c1-3-10-4-5-13-11(6-10)7-14(23-13)15-18-19-16(21(15)2)22-9-12-8-17-20-24-12/h7-8,10H,3-6,9H2,1-2H3. The van der Waals surface area contributed by atoms with Crippen LogP contribution in [0.1, 0.15) is 35.1 Å². The van der Waals surface area contributed by atoms with E-state index in [0.29, 0.717) is 0 Å². The molecule has 1 aliphatic carbocycles. The molecule has 24 heavy (non-hydrogen) atoms. The fraction of sp³-hybridized carbons (Fsp3) is 0.500. The normalized spacial score (nSPS) is 17.2. The van der Waals surface area contributed by atoms with E-state index in [4.69, 9.17) is 0 Å². The van der Waals surface area contributed by atoms with Crippen molar-refractivity contribution in [2.75, 3.05) is 0 Å². The fourth-order valence-corrected chi connectivity index (χ4v) is 5.73. The summed E-state index contributed by atoms with van der Waals surface area (Å²) in [6.07, 6.45) is 6.86. The van der Waals surface area contributed by atoms with Crippen molar-refractivity contribution in [2.24, 2.45) is 13.0 Å². The zero-order valence-electron chi connectivity index (χ0n) is 13.7. The minimum Gasteiger partial charge on any atom is -0.304 e. The summed E-state index contributed by atoms with van der Waals surface area (Å²) < 4.78 is 6.00. The maximum atomic E-state index is 4.44. The molecule has 0 saturated heterocycles. The third kappa shape index (κ3) is 3.14. The molecule has 0 N–H and O–H groups in total. The number of fused-ring (bicyclic) bond motifs is 1. The van der Waals surface area contributed by atoms with Crippen molar-refractivity contribution >= 4 is 34.6 Å². The quantitative estimate of drug-likeness (QED) is 0.624. The van der Waals surface area contributed by atoms with Gasteiger partial charge < -0.3 is 4.57 Å². The van der Waals surface area contributed by atoms with Gasteiger partial charge in [0.25, 0.3) is 0 Å². The molecule has 5 nitrogen and oxygen atoms in total. The number of thioether (sulfide) groups is 1. The molecule has 3 aromatic rings. The molecule has 0 aliphatic heterocycles. The van der Waals surface area contributed by atoms with Crippen LogP contribution < -0.4 is 0 Å². The highest BCUT2D eigenvalue weighted by Crippen LogP contribution is 2.38. The van der Waals surface area contributed by atoms with Crippen molar-refractivity contribution in [1.82, 2.24) is 24.4 Å². The molecule has 0 saturated carbocycles. The van der Waals surface area contributed by atoms with Gasteiger partial charge in [-0.2, -0.15) is 0 Å². The van der Waals surface area contributed by atoms with Gasteiger partial charge in [-0.15, -0.1) is 26.6 Å². The Morgan fingerprint density at radius 2 is 2.29 bits per heavy atom. The zero-order chi connectivity index (χ0) is 16.5. The van der Waals surface area contributed by atoms with E-state index >= 15 is 0 Å². The van der Waals surface area contributed by atoms with E-state index < -0.39 is 0 Å². The largest absolute Gasteiger partial charge is 0.304 e. The lowest BCUT2D eigenvalue weighted by molar-refractivity contribution is 0.449. The molecule has 4 rings (SSSR count). The number of aryl methyl sites for hydroxylation is 1. The highest BCUT2D eigenvalue weighted by Gasteiger charge is 2.22. The van der Waals surface area contributed by atoms with E-state index in [-0.39, 0.29) is 0 Å². The molecule has 3 heterocycles. The van der Waals surface area contributed by atoms with Crippen LogP contribution in [0.25, 0.3) is 10.7 Å². The van der Waals surface area contributed by atoms with Gasteiger partial charge in [0.05, 0.1) is 16.0 Å². The summed E-state index contributed by atoms with van der Waals surface area (Å²) in [5.74, 6) is 2.66. The first-order chi connectivity index (χ1) is 11.7. The molecule has 0 spiro atoms. The summed E-state index contributed by atoms with van der Waals surface area (Å²) in [6, 6.07) is 2.34. The van der Waals surface area contributed by atoms with E-state index in [1.165, 1.54) is 47.7 Å². The number of hydrogen-bond acceptors (Lipinski definition) is 7. The van der Waals surface area contributed by atoms with Gasteiger partial charge in [0.2, 0.25) is 0 Å². The summed E-state index contributed by atoms with van der Waals surface area (Å²) in [7, 11) is 2.05. The number of nitrogens with zero attached hydrogens (tertiary/aromatic N) is 5. The van der Waals surface area contributed by atoms with Gasteiger partial charge in [0, 0.05) is 17.7 Å². The lowest BCUT2D eigenvalue weighted by atomic mass is 9.87. The molecule has 1 unspecified atom stereocenters. The Balaban J connectivity index is 1.54. The Morgan fingerprint density at radius 1 is 1.38 bits per heavy atom. The van der Waals surface area contributed by atoms with Crippen LogP contribution in [0, 0.1) is 5.92 Å². The molecule has 1 aliphatic rings. The Morgan fingerprint density at radius 3 is 3.08 bits per heavy atom. The Labute approximate surface area is 153 Å². The van der Waals surface area contributed by atoms with E-state index in [1.54, 1.807) is 16.6 Å². The van der Waals surface area contributed by atoms with Crippen LogP contribution in [0.15, 0.2) is 17.4 Å². The SMILES string of the molecule is CCC1CCc2sc(-c3nnc(SCc4cnns4)n3C)cc2C1. The third-order valence-electron chi connectivity index (χ3n) is 4.57. The smallest absolute Gasteiger partial charge is 0.191 e. The highest BCUT2D eigenvalue weighted by atomic mass is 32.2. The molecule has 0 radical (unpaired) electrons. The Kier molecular flexibility index (Phi) is 4.69. The molecule has 8 heteroatoms. The lowest BCUT2D eigenvalue weighted by Gasteiger charge is -2.19. The average Bonchev–Trinajstić information content (AvgIpc) is 3.31. The monoisotopic (exact) mass is 377 g/mol. The van der Waals surface area contributed by atoms with Crippen LogP contribution in [0.5, 0.6) is 0 Å². The van der Waals surface area contributed by atoms with Crippen LogP contribution in [0.2, 0.25) is 0 Å². The number of thiophene rings is 1. The molecule has 1 atom stereocenters. The van der Waals surface area contributed by atoms with Gasteiger partial charge in [-0.3, -0.25) is 0 Å². The summed E-state index contributed by atoms with van der Waals surface area (Å²) in [5, 5.41) is 13.6. The third-order valence-corrected chi connectivity index (χ3v) is 7.71. The van der Waals surface area contributed by atoms with Crippen LogP contribution >= 0.6 is 34.6 Å². The van der Waals surface area contributed by atoms with Crippen molar-refractivity contribution in [3.63, 3.8) is 0 Å². The second kappa shape index (κ2) is 6.93. The Hall–Kier alpha value is -1.25. The molecule has 0 amide bonds. The second-order valence-electron chi connectivity index (χ2n) is 6.11. The first-order valence-corrected chi connectivity index (χ1v) is 10.7. The van der Waals surface area contributed by atoms with Crippen molar-refractivity contribution in [3.05, 3.63) is 27.6 Å². The minimum atomic E-state index is 0.836. The van der Waals surface area contributed by atoms with Crippen LogP contribution in [-0.2, 0) is 25.6 Å². The first kappa shape index (κ1) is 16.2. The van der Waals surface area contributed by atoms with Gasteiger partial charge in [-0.05, 0) is 48.3 Å². The molecule has 126 valence electrons. The van der Waals surface area contributed by atoms with Gasteiger partial charge in [0.1, 0.15) is 0 Å². The van der Waals surface area contributed by atoms with Crippen LogP contribution in [0.3, 0.4) is 0 Å². The lowest BCUT2D eigenvalue weighted by Crippen LogP contribution is -2.10. The van der Waals surface area contributed by atoms with Crippen molar-refractivity contribution in [2.45, 2.75) is 43.5 Å². The summed E-state index contributed by atoms with van der Waals surface area (Å²) >= 11 is 5.01. The van der Waals surface area contributed by atoms with Gasteiger partial charge in [-0.25, -0.2) is 0 Å². The van der Waals surface area contributed by atoms with Gasteiger partial charge in [-0.1, -0.05) is 29.6 Å². The van der Waals surface area contributed by atoms with E-state index in [1.807, 2.05) is 17.5 Å². The molecule has 0 aromatic carbocycles. The van der Waals surface area contributed by atoms with Crippen LogP contribution in [-0.4, -0.2) is 24.4 Å². The van der Waals surface area contributed by atoms with E-state index in [2.05, 4.69) is 44.4 Å². The number of rotatable bonds is 5. The number of aromatic nitrogens is 5. The minimum absolute atomic E-state index is 0.836. The van der Waals surface area contributed by atoms with Crippen molar-refractivity contribution in [1.29, 1.82) is 0 Å². The summed E-state index contributed by atoms with van der Waals surface area (Å²) in [5.41, 5.74) is 1.53. The maximum Gasteiger partial charge on any atom is 0.191 e. The predicted molar refractivity (Wildman–Crippen MR) is 99.6 cm³/mol. The highest BCUT2D eigenvalue weighted by molar-refractivity contribution is 7.98. The summed E-state index contributed by atoms with van der Waals surface area (Å²) in [4.78, 5) is 3.95. The van der Waals surface area contributed by atoms with Crippen LogP contribution in [0.4, 0.5) is 0 Å². The molecular weight excluding hydrogens is 358 g/mol. The average molecular weight is 378 g/mol. The second-order valence-corrected chi connectivity index (χ2v) is 9.06. The first-order valence-electron chi connectivity index (χ1n) is 8.15. The molecule has 0 fully saturated rings. The molecule has 3 aromatic heterocycles. The Bertz CT molecular complexity index is 821. The van der Waals surface area contributed by atoms with Gasteiger partial charge >= 0.3 is 0 Å². The zero-order valence-corrected chi connectivity index (χ0v) is 16.2. The van der Waals surface area contributed by atoms with E-state index in [0.717, 1.165) is 27.5 Å². The predicted octanol–water partition coefficient (Wildman–Crippen LogP) is 4.20. The topological polar surface area (TPSA) is 56.5 Å². The molecule has 0 bridgehead atoms. The molecular formula is C16H19N5S3. The van der Waals surface area contributed by atoms with Gasteiger partial charge in [0.15, 0.2) is 11.0 Å². The van der Waals surface area contributed by atoms with Crippen molar-refractivity contribution < 1.29 is 0 Å². The fourth-order valence-electron chi connectivity index (χ4n) is 3.10. The van der Waals surface area contributed by atoms with Crippen molar-refractivity contribution in [3.8, 4) is 10.7 Å². The number of hydrogen-bond donors (Lipinski definition) is 0. The maximum absolute atomic E-state index is 4.44.